The molecule has 0 aliphatic heterocycles. The van der Waals surface area contributed by atoms with Gasteiger partial charge in [0.25, 0.3) is 0 Å². The van der Waals surface area contributed by atoms with Crippen molar-refractivity contribution in [2.45, 2.75) is 27.2 Å². The molecule has 0 aliphatic carbocycles. The number of aldehydes is 1. The van der Waals surface area contributed by atoms with Gasteiger partial charge in [-0.3, -0.25) is 4.79 Å². The van der Waals surface area contributed by atoms with Gasteiger partial charge < -0.3 is 9.53 Å². The first-order valence-electron chi connectivity index (χ1n) is 4.22. The molecule has 0 heterocycles. The molecular formula is C9H16O3. The summed E-state index contributed by atoms with van der Waals surface area (Å²) in [5.41, 5.74) is 0. The first-order valence-corrected chi connectivity index (χ1v) is 4.22. The standard InChI is InChI=1S/C9H16O3/c1-4-12-9(11)5-8(6-10)7(2)3/h6-8H,4-5H2,1-3H3. The van der Waals surface area contributed by atoms with Crippen molar-refractivity contribution >= 4 is 12.3 Å². The third-order valence-electron chi connectivity index (χ3n) is 1.74. The normalized spacial score (nSPS) is 12.7. The number of esters is 1. The average Bonchev–Trinajstić information content (AvgIpc) is 2.00. The molecule has 3 heteroatoms. The predicted octanol–water partition coefficient (Wildman–Crippen LogP) is 1.41. The zero-order valence-electron chi connectivity index (χ0n) is 7.87. The van der Waals surface area contributed by atoms with E-state index in [0.29, 0.717) is 6.61 Å². The van der Waals surface area contributed by atoms with E-state index in [9.17, 15) is 9.59 Å². The fraction of sp³-hybridized carbons (Fsp3) is 0.778. The van der Waals surface area contributed by atoms with Crippen molar-refractivity contribution in [3.05, 3.63) is 0 Å². The van der Waals surface area contributed by atoms with Gasteiger partial charge in [-0.2, -0.15) is 0 Å². The zero-order chi connectivity index (χ0) is 9.56. The minimum atomic E-state index is -0.289. The molecule has 0 aromatic carbocycles. The minimum Gasteiger partial charge on any atom is -0.466 e. The molecule has 12 heavy (non-hydrogen) atoms. The summed E-state index contributed by atoms with van der Waals surface area (Å²) >= 11 is 0. The van der Waals surface area contributed by atoms with Crippen LogP contribution in [0.4, 0.5) is 0 Å². The molecule has 0 aromatic heterocycles. The molecule has 0 aliphatic rings. The monoisotopic (exact) mass is 172 g/mol. The third kappa shape index (κ3) is 4.11. The van der Waals surface area contributed by atoms with Crippen LogP contribution < -0.4 is 0 Å². The minimum absolute atomic E-state index is 0.201. The van der Waals surface area contributed by atoms with E-state index in [4.69, 9.17) is 4.74 Å². The van der Waals surface area contributed by atoms with Crippen LogP contribution in [0.1, 0.15) is 27.2 Å². The first-order chi connectivity index (χ1) is 5.61. The van der Waals surface area contributed by atoms with Crippen LogP contribution in [0, 0.1) is 11.8 Å². The van der Waals surface area contributed by atoms with Gasteiger partial charge in [0.15, 0.2) is 0 Å². The molecule has 1 unspecified atom stereocenters. The van der Waals surface area contributed by atoms with Crippen LogP contribution in [0.15, 0.2) is 0 Å². The molecule has 0 spiro atoms. The van der Waals surface area contributed by atoms with E-state index < -0.39 is 0 Å². The van der Waals surface area contributed by atoms with Crippen LogP contribution in [-0.2, 0) is 14.3 Å². The van der Waals surface area contributed by atoms with Crippen LogP contribution in [0.3, 0.4) is 0 Å². The van der Waals surface area contributed by atoms with Gasteiger partial charge in [0.1, 0.15) is 6.29 Å². The Morgan fingerprint density at radius 3 is 2.42 bits per heavy atom. The summed E-state index contributed by atoms with van der Waals surface area (Å²) in [5, 5.41) is 0. The molecule has 70 valence electrons. The zero-order valence-corrected chi connectivity index (χ0v) is 7.87. The van der Waals surface area contributed by atoms with Gasteiger partial charge in [-0.05, 0) is 12.8 Å². The Bertz CT molecular complexity index is 152. The lowest BCUT2D eigenvalue weighted by molar-refractivity contribution is -0.145. The van der Waals surface area contributed by atoms with Crippen molar-refractivity contribution < 1.29 is 14.3 Å². The summed E-state index contributed by atoms with van der Waals surface area (Å²) in [6.07, 6.45) is 1.02. The van der Waals surface area contributed by atoms with E-state index in [0.717, 1.165) is 6.29 Å². The first kappa shape index (κ1) is 11.1. The number of ether oxygens (including phenoxy) is 1. The Morgan fingerprint density at radius 1 is 1.50 bits per heavy atom. The van der Waals surface area contributed by atoms with E-state index in [1.807, 2.05) is 13.8 Å². The second-order valence-corrected chi connectivity index (χ2v) is 3.05. The molecular weight excluding hydrogens is 156 g/mol. The lowest BCUT2D eigenvalue weighted by Gasteiger charge is -2.12. The third-order valence-corrected chi connectivity index (χ3v) is 1.74. The second kappa shape index (κ2) is 5.75. The highest BCUT2D eigenvalue weighted by Crippen LogP contribution is 2.12. The van der Waals surface area contributed by atoms with E-state index >= 15 is 0 Å². The molecule has 0 saturated carbocycles. The molecule has 0 fully saturated rings. The summed E-state index contributed by atoms with van der Waals surface area (Å²) < 4.78 is 4.73. The van der Waals surface area contributed by atoms with Gasteiger partial charge in [-0.25, -0.2) is 0 Å². The van der Waals surface area contributed by atoms with Crippen molar-refractivity contribution in [3.63, 3.8) is 0 Å². The molecule has 0 radical (unpaired) electrons. The van der Waals surface area contributed by atoms with Crippen LogP contribution in [0.5, 0.6) is 0 Å². The van der Waals surface area contributed by atoms with Gasteiger partial charge in [0.2, 0.25) is 0 Å². The summed E-state index contributed by atoms with van der Waals surface area (Å²) in [5.74, 6) is -0.292. The number of carbonyl (C=O) groups excluding carboxylic acids is 2. The van der Waals surface area contributed by atoms with Crippen molar-refractivity contribution in [3.8, 4) is 0 Å². The maximum Gasteiger partial charge on any atom is 0.306 e. The lowest BCUT2D eigenvalue weighted by Crippen LogP contribution is -2.17. The van der Waals surface area contributed by atoms with Gasteiger partial charge in [-0.1, -0.05) is 13.8 Å². The van der Waals surface area contributed by atoms with Crippen LogP contribution >= 0.6 is 0 Å². The van der Waals surface area contributed by atoms with Crippen molar-refractivity contribution in [2.24, 2.45) is 11.8 Å². The van der Waals surface area contributed by atoms with Gasteiger partial charge >= 0.3 is 5.97 Å². The summed E-state index contributed by atoms with van der Waals surface area (Å²) in [6.45, 7) is 5.96. The largest absolute Gasteiger partial charge is 0.466 e. The summed E-state index contributed by atoms with van der Waals surface area (Å²) in [7, 11) is 0. The highest BCUT2D eigenvalue weighted by molar-refractivity contribution is 5.73. The summed E-state index contributed by atoms with van der Waals surface area (Å²) in [6, 6.07) is 0. The lowest BCUT2D eigenvalue weighted by atomic mass is 9.94. The summed E-state index contributed by atoms with van der Waals surface area (Å²) in [4.78, 5) is 21.4. The highest BCUT2D eigenvalue weighted by Gasteiger charge is 2.16. The van der Waals surface area contributed by atoms with Crippen LogP contribution in [0.25, 0.3) is 0 Å². The Labute approximate surface area is 73.1 Å². The Kier molecular flexibility index (Phi) is 5.34. The molecule has 1 atom stereocenters. The van der Waals surface area contributed by atoms with Gasteiger partial charge in [-0.15, -0.1) is 0 Å². The Morgan fingerprint density at radius 2 is 2.08 bits per heavy atom. The van der Waals surface area contributed by atoms with E-state index in [1.165, 1.54) is 0 Å². The quantitative estimate of drug-likeness (QED) is 0.465. The van der Waals surface area contributed by atoms with Crippen molar-refractivity contribution in [2.75, 3.05) is 6.61 Å². The fourth-order valence-corrected chi connectivity index (χ4v) is 0.853. The topological polar surface area (TPSA) is 43.4 Å². The Balaban J connectivity index is 3.85. The van der Waals surface area contributed by atoms with Crippen LogP contribution in [0.2, 0.25) is 0 Å². The maximum absolute atomic E-state index is 10.9. The number of rotatable bonds is 5. The maximum atomic E-state index is 10.9. The van der Waals surface area contributed by atoms with Gasteiger partial charge in [0, 0.05) is 5.92 Å². The SMILES string of the molecule is CCOC(=O)CC(C=O)C(C)C. The van der Waals surface area contributed by atoms with Crippen molar-refractivity contribution in [1.29, 1.82) is 0 Å². The second-order valence-electron chi connectivity index (χ2n) is 3.05. The molecule has 0 saturated heterocycles. The van der Waals surface area contributed by atoms with E-state index in [2.05, 4.69) is 0 Å². The number of hydrogen-bond donors (Lipinski definition) is 0. The van der Waals surface area contributed by atoms with Gasteiger partial charge in [0.05, 0.1) is 13.0 Å². The molecule has 0 N–H and O–H groups in total. The Hall–Kier alpha value is -0.860. The molecule has 0 aromatic rings. The molecule has 0 amide bonds. The van der Waals surface area contributed by atoms with Crippen LogP contribution in [-0.4, -0.2) is 18.9 Å². The smallest absolute Gasteiger partial charge is 0.306 e. The highest BCUT2D eigenvalue weighted by atomic mass is 16.5. The molecule has 0 bridgehead atoms. The predicted molar refractivity (Wildman–Crippen MR) is 45.6 cm³/mol. The number of carbonyl (C=O) groups is 2. The average molecular weight is 172 g/mol. The number of hydrogen-bond acceptors (Lipinski definition) is 3. The van der Waals surface area contributed by atoms with E-state index in [-0.39, 0.29) is 24.2 Å². The fourth-order valence-electron chi connectivity index (χ4n) is 0.853. The molecule has 3 nitrogen and oxygen atoms in total. The molecule has 0 rings (SSSR count). The van der Waals surface area contributed by atoms with E-state index in [1.54, 1.807) is 6.92 Å². The van der Waals surface area contributed by atoms with Crippen molar-refractivity contribution in [1.82, 2.24) is 0 Å².